The van der Waals surface area contributed by atoms with E-state index in [1.54, 1.807) is 6.33 Å². The second kappa shape index (κ2) is 4.78. The third kappa shape index (κ3) is 2.40. The Morgan fingerprint density at radius 1 is 1.37 bits per heavy atom. The van der Waals surface area contributed by atoms with Gasteiger partial charge in [0.05, 0.1) is 6.54 Å². The molecule has 2 N–H and O–H groups in total. The molecule has 2 aromatic rings. The van der Waals surface area contributed by atoms with Crippen LogP contribution in [0, 0.1) is 5.41 Å². The quantitative estimate of drug-likeness (QED) is 0.887. The fraction of sp³-hybridized carbons (Fsp3) is 0.467. The summed E-state index contributed by atoms with van der Waals surface area (Å²) in [4.78, 5) is 4.18. The molecule has 0 saturated heterocycles. The molecule has 0 saturated carbocycles. The second-order valence-electron chi connectivity index (χ2n) is 5.93. The Morgan fingerprint density at radius 2 is 2.21 bits per heavy atom. The van der Waals surface area contributed by atoms with Crippen molar-refractivity contribution < 1.29 is 0 Å². The van der Waals surface area contributed by atoms with Crippen LogP contribution in [0.5, 0.6) is 0 Å². The second-order valence-corrected chi connectivity index (χ2v) is 5.93. The Bertz CT molecular complexity index is 545. The molecule has 19 heavy (non-hydrogen) atoms. The zero-order chi connectivity index (χ0) is 13.3. The molecule has 0 fully saturated rings. The molecule has 0 radical (unpaired) electrons. The van der Waals surface area contributed by atoms with Gasteiger partial charge in [0.2, 0.25) is 0 Å². The molecule has 100 valence electrons. The van der Waals surface area contributed by atoms with E-state index in [1.807, 2.05) is 0 Å². The van der Waals surface area contributed by atoms with Crippen molar-refractivity contribution in [2.45, 2.75) is 39.3 Å². The van der Waals surface area contributed by atoms with Crippen molar-refractivity contribution in [3.8, 4) is 0 Å². The number of benzene rings is 1. The van der Waals surface area contributed by atoms with Crippen LogP contribution in [0.3, 0.4) is 0 Å². The van der Waals surface area contributed by atoms with Gasteiger partial charge in [-0.1, -0.05) is 38.1 Å². The summed E-state index contributed by atoms with van der Waals surface area (Å²) >= 11 is 0. The van der Waals surface area contributed by atoms with E-state index in [9.17, 15) is 0 Å². The van der Waals surface area contributed by atoms with Crippen molar-refractivity contribution in [1.29, 1.82) is 0 Å². The SMILES string of the molecule is CC1(C)CCc2ccccc2C1NCc1ncn[nH]1. The number of aryl methyl sites for hydroxylation is 1. The highest BCUT2D eigenvalue weighted by Gasteiger charge is 2.35. The van der Waals surface area contributed by atoms with Crippen LogP contribution in [0.1, 0.15) is 43.3 Å². The van der Waals surface area contributed by atoms with Crippen LogP contribution in [0.2, 0.25) is 0 Å². The average molecular weight is 256 g/mol. The molecule has 0 amide bonds. The van der Waals surface area contributed by atoms with Crippen molar-refractivity contribution in [2.75, 3.05) is 0 Å². The van der Waals surface area contributed by atoms with Crippen LogP contribution in [0.15, 0.2) is 30.6 Å². The Labute approximate surface area is 113 Å². The lowest BCUT2D eigenvalue weighted by molar-refractivity contribution is 0.207. The summed E-state index contributed by atoms with van der Waals surface area (Å²) in [7, 11) is 0. The predicted octanol–water partition coefficient (Wildman–Crippen LogP) is 2.61. The van der Waals surface area contributed by atoms with Gasteiger partial charge < -0.3 is 5.32 Å². The van der Waals surface area contributed by atoms with E-state index in [2.05, 4.69) is 58.6 Å². The van der Waals surface area contributed by atoms with Gasteiger partial charge in [-0.2, -0.15) is 5.10 Å². The van der Waals surface area contributed by atoms with Crippen molar-refractivity contribution in [3.63, 3.8) is 0 Å². The van der Waals surface area contributed by atoms with Crippen molar-refractivity contribution >= 4 is 0 Å². The number of rotatable bonds is 3. The smallest absolute Gasteiger partial charge is 0.138 e. The highest BCUT2D eigenvalue weighted by molar-refractivity contribution is 5.34. The van der Waals surface area contributed by atoms with Gasteiger partial charge in [0.15, 0.2) is 0 Å². The van der Waals surface area contributed by atoms with Crippen molar-refractivity contribution in [3.05, 3.63) is 47.5 Å². The molecule has 0 bridgehead atoms. The van der Waals surface area contributed by atoms with E-state index < -0.39 is 0 Å². The minimum absolute atomic E-state index is 0.258. The fourth-order valence-corrected chi connectivity index (χ4v) is 2.97. The van der Waals surface area contributed by atoms with Crippen LogP contribution < -0.4 is 5.32 Å². The van der Waals surface area contributed by atoms with Crippen LogP contribution in [0.25, 0.3) is 0 Å². The topological polar surface area (TPSA) is 53.6 Å². The maximum absolute atomic E-state index is 4.18. The van der Waals surface area contributed by atoms with Crippen molar-refractivity contribution in [2.24, 2.45) is 5.41 Å². The molecule has 1 aromatic heterocycles. The Hall–Kier alpha value is -1.68. The summed E-state index contributed by atoms with van der Waals surface area (Å²) in [6, 6.07) is 9.11. The molecule has 4 heteroatoms. The third-order valence-electron chi connectivity index (χ3n) is 4.12. The minimum atomic E-state index is 0.258. The first kappa shape index (κ1) is 12.4. The standard InChI is InChI=1S/C15H20N4/c1-15(2)8-7-11-5-3-4-6-12(11)14(15)16-9-13-17-10-18-19-13/h3-6,10,14,16H,7-9H2,1-2H3,(H,17,18,19). The number of nitrogens with zero attached hydrogens (tertiary/aromatic N) is 2. The first-order valence-corrected chi connectivity index (χ1v) is 6.82. The van der Waals surface area contributed by atoms with Gasteiger partial charge in [-0.05, 0) is 29.4 Å². The van der Waals surface area contributed by atoms with E-state index in [0.29, 0.717) is 6.04 Å². The maximum Gasteiger partial charge on any atom is 0.138 e. The van der Waals surface area contributed by atoms with Crippen molar-refractivity contribution in [1.82, 2.24) is 20.5 Å². The van der Waals surface area contributed by atoms with Gasteiger partial charge in [-0.3, -0.25) is 5.10 Å². The van der Waals surface area contributed by atoms with E-state index in [1.165, 1.54) is 24.0 Å². The molecule has 3 rings (SSSR count). The third-order valence-corrected chi connectivity index (χ3v) is 4.12. The predicted molar refractivity (Wildman–Crippen MR) is 74.5 cm³/mol. The minimum Gasteiger partial charge on any atom is -0.302 e. The first-order chi connectivity index (χ1) is 9.17. The number of aromatic amines is 1. The van der Waals surface area contributed by atoms with Crippen LogP contribution in [0.4, 0.5) is 0 Å². The Morgan fingerprint density at radius 3 is 3.00 bits per heavy atom. The number of hydrogen-bond donors (Lipinski definition) is 2. The fourth-order valence-electron chi connectivity index (χ4n) is 2.97. The van der Waals surface area contributed by atoms with Gasteiger partial charge >= 0.3 is 0 Å². The lowest BCUT2D eigenvalue weighted by Gasteiger charge is -2.40. The molecule has 1 aromatic carbocycles. The summed E-state index contributed by atoms with van der Waals surface area (Å²) in [5.41, 5.74) is 3.16. The summed E-state index contributed by atoms with van der Waals surface area (Å²) in [6.45, 7) is 5.39. The largest absolute Gasteiger partial charge is 0.302 e. The van der Waals surface area contributed by atoms with Crippen LogP contribution in [-0.2, 0) is 13.0 Å². The van der Waals surface area contributed by atoms with Gasteiger partial charge in [-0.15, -0.1) is 0 Å². The molecule has 1 atom stereocenters. The lowest BCUT2D eigenvalue weighted by atomic mass is 9.70. The first-order valence-electron chi connectivity index (χ1n) is 6.82. The Kier molecular flexibility index (Phi) is 3.11. The molecule has 0 aliphatic heterocycles. The molecule has 1 aliphatic carbocycles. The van der Waals surface area contributed by atoms with E-state index in [0.717, 1.165) is 12.4 Å². The molecule has 1 unspecified atom stereocenters. The normalized spacial score (nSPS) is 21.1. The number of fused-ring (bicyclic) bond motifs is 1. The highest BCUT2D eigenvalue weighted by atomic mass is 15.2. The molecule has 1 aliphatic rings. The zero-order valence-electron chi connectivity index (χ0n) is 11.5. The molecule has 4 nitrogen and oxygen atoms in total. The maximum atomic E-state index is 4.18. The lowest BCUT2D eigenvalue weighted by Crippen LogP contribution is -2.38. The Balaban J connectivity index is 1.84. The van der Waals surface area contributed by atoms with Gasteiger partial charge in [-0.25, -0.2) is 4.98 Å². The average Bonchev–Trinajstić information content (AvgIpc) is 2.90. The molecular formula is C15H20N4. The summed E-state index contributed by atoms with van der Waals surface area (Å²) in [6.07, 6.45) is 3.93. The van der Waals surface area contributed by atoms with Gasteiger partial charge in [0.25, 0.3) is 0 Å². The van der Waals surface area contributed by atoms with Gasteiger partial charge in [0, 0.05) is 6.04 Å². The number of H-pyrrole nitrogens is 1. The highest BCUT2D eigenvalue weighted by Crippen LogP contribution is 2.43. The summed E-state index contributed by atoms with van der Waals surface area (Å²) in [5.74, 6) is 0.888. The van der Waals surface area contributed by atoms with E-state index in [4.69, 9.17) is 0 Å². The summed E-state index contributed by atoms with van der Waals surface area (Å²) in [5, 5.41) is 10.4. The van der Waals surface area contributed by atoms with E-state index >= 15 is 0 Å². The number of nitrogens with one attached hydrogen (secondary N) is 2. The van der Waals surface area contributed by atoms with E-state index in [-0.39, 0.29) is 5.41 Å². The zero-order valence-corrected chi connectivity index (χ0v) is 11.5. The molecular weight excluding hydrogens is 236 g/mol. The number of aromatic nitrogens is 3. The van der Waals surface area contributed by atoms with Crippen LogP contribution in [-0.4, -0.2) is 15.2 Å². The summed E-state index contributed by atoms with van der Waals surface area (Å²) < 4.78 is 0. The van der Waals surface area contributed by atoms with Crippen LogP contribution >= 0.6 is 0 Å². The molecule has 1 heterocycles. The van der Waals surface area contributed by atoms with Gasteiger partial charge in [0.1, 0.15) is 12.2 Å². The monoisotopic (exact) mass is 256 g/mol. The number of hydrogen-bond acceptors (Lipinski definition) is 3. The molecule has 0 spiro atoms.